The minimum Gasteiger partial charge on any atom is -0.465 e. The number of carbonyl (C=O) groups is 1. The van der Waals surface area contributed by atoms with Gasteiger partial charge in [-0.2, -0.15) is 13.2 Å². The third-order valence-corrected chi connectivity index (χ3v) is 3.58. The fourth-order valence-electron chi connectivity index (χ4n) is 1.94. The fourth-order valence-corrected chi connectivity index (χ4v) is 2.07. The molecular formula is C15H12ClF3N2O3. The Balaban J connectivity index is 2.46. The van der Waals surface area contributed by atoms with Crippen LogP contribution in [0.3, 0.4) is 0 Å². The van der Waals surface area contributed by atoms with Gasteiger partial charge in [0, 0.05) is 5.56 Å². The second-order valence-corrected chi connectivity index (χ2v) is 5.23. The van der Waals surface area contributed by atoms with Crippen molar-refractivity contribution in [3.05, 3.63) is 45.6 Å². The molecule has 0 amide bonds. The summed E-state index contributed by atoms with van der Waals surface area (Å²) in [6.07, 6.45) is -4.46. The molecule has 0 bridgehead atoms. The number of aryl methyl sites for hydroxylation is 1. The lowest BCUT2D eigenvalue weighted by Crippen LogP contribution is -2.10. The first-order valence-electron chi connectivity index (χ1n) is 6.62. The number of hydrogen-bond donors (Lipinski definition) is 0. The zero-order valence-corrected chi connectivity index (χ0v) is 13.6. The predicted octanol–water partition coefficient (Wildman–Crippen LogP) is 4.34. The van der Waals surface area contributed by atoms with E-state index in [2.05, 4.69) is 14.9 Å². The highest BCUT2D eigenvalue weighted by molar-refractivity contribution is 6.30. The lowest BCUT2D eigenvalue weighted by Gasteiger charge is -2.14. The van der Waals surface area contributed by atoms with Crippen molar-refractivity contribution in [2.45, 2.75) is 20.0 Å². The van der Waals surface area contributed by atoms with Crippen molar-refractivity contribution in [3.63, 3.8) is 0 Å². The van der Waals surface area contributed by atoms with Gasteiger partial charge in [0.15, 0.2) is 5.15 Å². The summed E-state index contributed by atoms with van der Waals surface area (Å²) >= 11 is 5.83. The van der Waals surface area contributed by atoms with E-state index in [1.165, 1.54) is 21.0 Å². The molecule has 1 heterocycles. The fraction of sp³-hybridized carbons (Fsp3) is 0.267. The number of alkyl halides is 3. The van der Waals surface area contributed by atoms with Crippen LogP contribution in [0.1, 0.15) is 27.0 Å². The number of halogens is 4. The lowest BCUT2D eigenvalue weighted by atomic mass is 10.1. The average molecular weight is 361 g/mol. The van der Waals surface area contributed by atoms with E-state index in [1.54, 1.807) is 0 Å². The molecule has 5 nitrogen and oxygen atoms in total. The van der Waals surface area contributed by atoms with Gasteiger partial charge in [-0.05, 0) is 37.6 Å². The number of nitrogens with zero attached hydrogens (tertiary/aromatic N) is 2. The van der Waals surface area contributed by atoms with Gasteiger partial charge in [0.05, 0.1) is 12.7 Å². The van der Waals surface area contributed by atoms with E-state index in [9.17, 15) is 18.0 Å². The van der Waals surface area contributed by atoms with Crippen molar-refractivity contribution in [2.75, 3.05) is 7.11 Å². The summed E-state index contributed by atoms with van der Waals surface area (Å²) in [4.78, 5) is 11.9. The summed E-state index contributed by atoms with van der Waals surface area (Å²) < 4.78 is 48.2. The van der Waals surface area contributed by atoms with Crippen LogP contribution in [-0.2, 0) is 10.9 Å². The Morgan fingerprint density at radius 2 is 1.88 bits per heavy atom. The second kappa shape index (κ2) is 6.64. The van der Waals surface area contributed by atoms with Gasteiger partial charge in [0.1, 0.15) is 11.3 Å². The molecule has 2 rings (SSSR count). The van der Waals surface area contributed by atoms with Crippen LogP contribution >= 0.6 is 11.6 Å². The van der Waals surface area contributed by atoms with Crippen LogP contribution in [0.5, 0.6) is 11.6 Å². The van der Waals surface area contributed by atoms with Gasteiger partial charge in [-0.3, -0.25) is 0 Å². The molecule has 0 aliphatic rings. The summed E-state index contributed by atoms with van der Waals surface area (Å²) in [5.41, 5.74) is -0.344. The molecule has 0 radical (unpaired) electrons. The van der Waals surface area contributed by atoms with Crippen LogP contribution in [0.15, 0.2) is 18.2 Å². The molecule has 0 saturated carbocycles. The zero-order chi connectivity index (χ0) is 18.1. The molecule has 2 aromatic rings. The van der Waals surface area contributed by atoms with Gasteiger partial charge >= 0.3 is 12.1 Å². The van der Waals surface area contributed by atoms with E-state index >= 15 is 0 Å². The number of carbonyl (C=O) groups excluding carboxylic acids is 1. The largest absolute Gasteiger partial charge is 0.465 e. The summed E-state index contributed by atoms with van der Waals surface area (Å²) in [5, 5.41) is 7.32. The summed E-state index contributed by atoms with van der Waals surface area (Å²) in [7, 11) is 1.17. The lowest BCUT2D eigenvalue weighted by molar-refractivity contribution is -0.137. The molecular weight excluding hydrogens is 349 g/mol. The van der Waals surface area contributed by atoms with Crippen LogP contribution in [0, 0.1) is 13.8 Å². The first-order chi connectivity index (χ1) is 11.1. The molecule has 0 fully saturated rings. The van der Waals surface area contributed by atoms with Gasteiger partial charge in [-0.25, -0.2) is 4.79 Å². The van der Waals surface area contributed by atoms with Crippen LogP contribution < -0.4 is 4.74 Å². The molecule has 0 N–H and O–H groups in total. The maximum atomic E-state index is 12.7. The van der Waals surface area contributed by atoms with Crippen LogP contribution in [0.25, 0.3) is 0 Å². The van der Waals surface area contributed by atoms with Crippen LogP contribution in [-0.4, -0.2) is 23.3 Å². The first-order valence-corrected chi connectivity index (χ1v) is 6.99. The molecule has 9 heteroatoms. The summed E-state index contributed by atoms with van der Waals surface area (Å²) in [5.74, 6) is -0.848. The Hall–Kier alpha value is -2.35. The van der Waals surface area contributed by atoms with Gasteiger partial charge in [0.2, 0.25) is 0 Å². The molecule has 0 aliphatic carbocycles. The number of aromatic nitrogens is 2. The number of benzene rings is 1. The van der Waals surface area contributed by atoms with E-state index in [0.717, 1.165) is 18.2 Å². The van der Waals surface area contributed by atoms with E-state index in [1.807, 2.05) is 0 Å². The van der Waals surface area contributed by atoms with Gasteiger partial charge in [-0.1, -0.05) is 11.6 Å². The first kappa shape index (κ1) is 18.0. The number of ether oxygens (including phenoxy) is 2. The van der Waals surface area contributed by atoms with Crippen molar-refractivity contribution in [1.29, 1.82) is 0 Å². The number of rotatable bonds is 3. The molecule has 0 aliphatic heterocycles. The highest BCUT2D eigenvalue weighted by atomic mass is 35.5. The highest BCUT2D eigenvalue weighted by Crippen LogP contribution is 2.34. The summed E-state index contributed by atoms with van der Waals surface area (Å²) in [6, 6.07) is 2.95. The molecule has 0 spiro atoms. The maximum absolute atomic E-state index is 12.7. The quantitative estimate of drug-likeness (QED) is 0.762. The van der Waals surface area contributed by atoms with Crippen molar-refractivity contribution in [1.82, 2.24) is 10.2 Å². The Morgan fingerprint density at radius 3 is 2.42 bits per heavy atom. The van der Waals surface area contributed by atoms with Crippen LogP contribution in [0.2, 0.25) is 5.15 Å². The minimum atomic E-state index is -4.46. The van der Waals surface area contributed by atoms with Gasteiger partial charge in [0.25, 0.3) is 5.88 Å². The maximum Gasteiger partial charge on any atom is 0.416 e. The normalized spacial score (nSPS) is 11.3. The number of hydrogen-bond acceptors (Lipinski definition) is 5. The zero-order valence-electron chi connectivity index (χ0n) is 12.9. The standard InChI is InChI=1S/C15H12ClF3N2O3/c1-7-6-9(15(17,18)19)4-5-10(7)24-13-11(14(22)23-3)8(2)12(16)20-21-13/h4-6H,1-3H3. The third kappa shape index (κ3) is 3.59. The number of methoxy groups -OCH3 is 1. The molecule has 1 aromatic carbocycles. The minimum absolute atomic E-state index is 0.00751. The monoisotopic (exact) mass is 360 g/mol. The Bertz CT molecular complexity index is 794. The summed E-state index contributed by atoms with van der Waals surface area (Å²) in [6.45, 7) is 2.97. The highest BCUT2D eigenvalue weighted by Gasteiger charge is 2.31. The van der Waals surface area contributed by atoms with Crippen molar-refractivity contribution in [2.24, 2.45) is 0 Å². The molecule has 128 valence electrons. The third-order valence-electron chi connectivity index (χ3n) is 3.23. The topological polar surface area (TPSA) is 61.3 Å². The van der Waals surface area contributed by atoms with E-state index < -0.39 is 17.7 Å². The molecule has 1 aromatic heterocycles. The Morgan fingerprint density at radius 1 is 1.21 bits per heavy atom. The van der Waals surface area contributed by atoms with Crippen molar-refractivity contribution < 1.29 is 27.4 Å². The molecule has 0 atom stereocenters. The molecule has 24 heavy (non-hydrogen) atoms. The van der Waals surface area contributed by atoms with Gasteiger partial charge in [-0.15, -0.1) is 10.2 Å². The second-order valence-electron chi connectivity index (χ2n) is 4.87. The number of esters is 1. The van der Waals surface area contributed by atoms with E-state index in [-0.39, 0.29) is 33.5 Å². The van der Waals surface area contributed by atoms with Crippen molar-refractivity contribution >= 4 is 17.6 Å². The molecule has 0 saturated heterocycles. The SMILES string of the molecule is COC(=O)c1c(Oc2ccc(C(F)(F)F)cc2C)nnc(Cl)c1C. The van der Waals surface area contributed by atoms with E-state index in [4.69, 9.17) is 16.3 Å². The molecule has 0 unspecified atom stereocenters. The smallest absolute Gasteiger partial charge is 0.416 e. The average Bonchev–Trinajstić information content (AvgIpc) is 2.51. The van der Waals surface area contributed by atoms with E-state index in [0.29, 0.717) is 0 Å². The van der Waals surface area contributed by atoms with Gasteiger partial charge < -0.3 is 9.47 Å². The van der Waals surface area contributed by atoms with Crippen molar-refractivity contribution in [3.8, 4) is 11.6 Å². The predicted molar refractivity (Wildman–Crippen MR) is 79.4 cm³/mol. The Kier molecular flexibility index (Phi) is 4.98. The Labute approximate surface area is 140 Å². The van der Waals surface area contributed by atoms with Crippen LogP contribution in [0.4, 0.5) is 13.2 Å².